The van der Waals surface area contributed by atoms with Gasteiger partial charge in [0, 0.05) is 12.1 Å². The normalized spacial score (nSPS) is 20.4. The van der Waals surface area contributed by atoms with Crippen LogP contribution in [0.4, 0.5) is 5.69 Å². The highest BCUT2D eigenvalue weighted by molar-refractivity contribution is 5.91. The van der Waals surface area contributed by atoms with Crippen molar-refractivity contribution in [3.05, 3.63) is 29.3 Å². The second-order valence-electron chi connectivity index (χ2n) is 5.53. The van der Waals surface area contributed by atoms with Gasteiger partial charge in [0.15, 0.2) is 0 Å². The van der Waals surface area contributed by atoms with Crippen LogP contribution in [-0.2, 0) is 14.3 Å². The minimum absolute atomic E-state index is 0.0219. The van der Waals surface area contributed by atoms with Gasteiger partial charge in [-0.1, -0.05) is 24.6 Å². The first-order valence-corrected chi connectivity index (χ1v) is 7.12. The summed E-state index contributed by atoms with van der Waals surface area (Å²) in [4.78, 5) is 12.1. The lowest BCUT2D eigenvalue weighted by molar-refractivity contribution is -0.125. The number of amides is 1. The Labute approximate surface area is 120 Å². The maximum absolute atomic E-state index is 12.1. The zero-order valence-electron chi connectivity index (χ0n) is 12.4. The summed E-state index contributed by atoms with van der Waals surface area (Å²) < 4.78 is 11.0. The summed E-state index contributed by atoms with van der Waals surface area (Å²) in [6.45, 7) is 7.93. The number of carbonyl (C=O) groups is 1. The number of nitrogens with one attached hydrogen (secondary N) is 1. The van der Waals surface area contributed by atoms with Crippen LogP contribution in [0.3, 0.4) is 0 Å². The molecule has 110 valence electrons. The zero-order valence-corrected chi connectivity index (χ0v) is 12.4. The van der Waals surface area contributed by atoms with E-state index in [4.69, 9.17) is 9.47 Å². The Balaban J connectivity index is 1.88. The molecule has 4 nitrogen and oxygen atoms in total. The summed E-state index contributed by atoms with van der Waals surface area (Å²) in [6, 6.07) is 6.02. The Morgan fingerprint density at radius 2 is 2.20 bits per heavy atom. The molecule has 1 aromatic carbocycles. The van der Waals surface area contributed by atoms with Crippen LogP contribution in [0.5, 0.6) is 0 Å². The van der Waals surface area contributed by atoms with E-state index in [1.54, 1.807) is 0 Å². The third-order valence-electron chi connectivity index (χ3n) is 3.64. The lowest BCUT2D eigenvalue weighted by Crippen LogP contribution is -2.35. The van der Waals surface area contributed by atoms with E-state index in [-0.39, 0.29) is 17.9 Å². The fraction of sp³-hybridized carbons (Fsp3) is 0.562. The largest absolute Gasteiger partial charge is 0.376 e. The first kappa shape index (κ1) is 15.0. The van der Waals surface area contributed by atoms with Crippen LogP contribution in [0.25, 0.3) is 0 Å². The maximum atomic E-state index is 12.1. The van der Waals surface area contributed by atoms with Gasteiger partial charge in [0.25, 0.3) is 0 Å². The molecule has 1 heterocycles. The van der Waals surface area contributed by atoms with Crippen molar-refractivity contribution in [2.45, 2.75) is 33.3 Å². The molecule has 20 heavy (non-hydrogen) atoms. The van der Waals surface area contributed by atoms with Crippen molar-refractivity contribution in [1.82, 2.24) is 0 Å². The van der Waals surface area contributed by atoms with Crippen LogP contribution in [0.15, 0.2) is 18.2 Å². The molecular weight excluding hydrogens is 254 g/mol. The first-order chi connectivity index (χ1) is 9.56. The summed E-state index contributed by atoms with van der Waals surface area (Å²) in [5.74, 6) is 0.180. The van der Waals surface area contributed by atoms with E-state index in [1.807, 2.05) is 32.9 Å². The fourth-order valence-corrected chi connectivity index (χ4v) is 2.41. The number of hydrogen-bond donors (Lipinski definition) is 1. The zero-order chi connectivity index (χ0) is 14.5. The van der Waals surface area contributed by atoms with Crippen molar-refractivity contribution in [2.24, 2.45) is 5.92 Å². The Bertz CT molecular complexity index is 467. The molecule has 0 saturated carbocycles. The van der Waals surface area contributed by atoms with Crippen LogP contribution in [0.2, 0.25) is 0 Å². The quantitative estimate of drug-likeness (QED) is 0.920. The lowest BCUT2D eigenvalue weighted by atomic mass is 10.00. The Kier molecular flexibility index (Phi) is 5.15. The molecule has 0 aromatic heterocycles. The van der Waals surface area contributed by atoms with E-state index >= 15 is 0 Å². The molecule has 1 amide bonds. The maximum Gasteiger partial charge on any atom is 0.224 e. The summed E-state index contributed by atoms with van der Waals surface area (Å²) in [5.41, 5.74) is 3.17. The second-order valence-corrected chi connectivity index (χ2v) is 5.53. The summed E-state index contributed by atoms with van der Waals surface area (Å²) in [6.07, 6.45) is 0.468. The molecule has 0 aliphatic carbocycles. The highest BCUT2D eigenvalue weighted by Crippen LogP contribution is 2.19. The molecule has 1 fully saturated rings. The number of anilines is 1. The number of benzene rings is 1. The van der Waals surface area contributed by atoms with Gasteiger partial charge >= 0.3 is 0 Å². The minimum Gasteiger partial charge on any atom is -0.376 e. The molecule has 0 radical (unpaired) electrons. The van der Waals surface area contributed by atoms with Crippen molar-refractivity contribution >= 4 is 11.6 Å². The SMILES string of the molecule is Cc1ccc(NC(=O)C[C@H](C)[C@@H]2COCCO2)c(C)c1. The van der Waals surface area contributed by atoms with Crippen LogP contribution < -0.4 is 5.32 Å². The predicted molar refractivity (Wildman–Crippen MR) is 78.9 cm³/mol. The molecule has 0 unspecified atom stereocenters. The van der Waals surface area contributed by atoms with E-state index in [9.17, 15) is 4.79 Å². The van der Waals surface area contributed by atoms with Gasteiger partial charge in [-0.3, -0.25) is 4.79 Å². The van der Waals surface area contributed by atoms with Gasteiger partial charge in [0.05, 0.1) is 25.9 Å². The third-order valence-corrected chi connectivity index (χ3v) is 3.64. The molecular formula is C16H23NO3. The van der Waals surface area contributed by atoms with Crippen LogP contribution in [0, 0.1) is 19.8 Å². The van der Waals surface area contributed by atoms with Gasteiger partial charge in [-0.25, -0.2) is 0 Å². The molecule has 1 aliphatic heterocycles. The fourth-order valence-electron chi connectivity index (χ4n) is 2.41. The van der Waals surface area contributed by atoms with Gasteiger partial charge in [-0.05, 0) is 31.4 Å². The monoisotopic (exact) mass is 277 g/mol. The smallest absolute Gasteiger partial charge is 0.224 e. The van der Waals surface area contributed by atoms with Crippen molar-refractivity contribution in [1.29, 1.82) is 0 Å². The second kappa shape index (κ2) is 6.86. The molecule has 0 spiro atoms. The predicted octanol–water partition coefficient (Wildman–Crippen LogP) is 2.68. The van der Waals surface area contributed by atoms with Gasteiger partial charge < -0.3 is 14.8 Å². The molecule has 2 atom stereocenters. The molecule has 4 heteroatoms. The van der Waals surface area contributed by atoms with Crippen LogP contribution in [0.1, 0.15) is 24.5 Å². The minimum atomic E-state index is 0.0219. The summed E-state index contributed by atoms with van der Waals surface area (Å²) >= 11 is 0. The highest BCUT2D eigenvalue weighted by atomic mass is 16.6. The average molecular weight is 277 g/mol. The van der Waals surface area contributed by atoms with Crippen LogP contribution >= 0.6 is 0 Å². The van der Waals surface area contributed by atoms with E-state index < -0.39 is 0 Å². The van der Waals surface area contributed by atoms with E-state index in [1.165, 1.54) is 5.56 Å². The number of aryl methyl sites for hydroxylation is 2. The molecule has 2 rings (SSSR count). The van der Waals surface area contributed by atoms with Crippen molar-refractivity contribution in [2.75, 3.05) is 25.1 Å². The van der Waals surface area contributed by atoms with Gasteiger partial charge in [0.2, 0.25) is 5.91 Å². The number of rotatable bonds is 4. The van der Waals surface area contributed by atoms with E-state index in [0.29, 0.717) is 26.2 Å². The van der Waals surface area contributed by atoms with Crippen LogP contribution in [-0.4, -0.2) is 31.8 Å². The van der Waals surface area contributed by atoms with Crippen molar-refractivity contribution in [3.63, 3.8) is 0 Å². The molecule has 1 N–H and O–H groups in total. The highest BCUT2D eigenvalue weighted by Gasteiger charge is 2.23. The van der Waals surface area contributed by atoms with Gasteiger partial charge in [-0.15, -0.1) is 0 Å². The Morgan fingerprint density at radius 3 is 2.85 bits per heavy atom. The van der Waals surface area contributed by atoms with Crippen molar-refractivity contribution < 1.29 is 14.3 Å². The third kappa shape index (κ3) is 4.05. The van der Waals surface area contributed by atoms with Gasteiger partial charge in [-0.2, -0.15) is 0 Å². The standard InChI is InChI=1S/C16H23NO3/c1-11-4-5-14(12(2)8-11)17-16(18)9-13(3)15-10-19-6-7-20-15/h4-5,8,13,15H,6-7,9-10H2,1-3H3,(H,17,18)/t13-,15-/m0/s1. The summed E-state index contributed by atoms with van der Waals surface area (Å²) in [5, 5.41) is 2.97. The van der Waals surface area contributed by atoms with Crippen molar-refractivity contribution in [3.8, 4) is 0 Å². The lowest BCUT2D eigenvalue weighted by Gasteiger charge is -2.27. The molecule has 1 saturated heterocycles. The van der Waals surface area contributed by atoms with E-state index in [0.717, 1.165) is 11.3 Å². The first-order valence-electron chi connectivity index (χ1n) is 7.12. The molecule has 1 aromatic rings. The van der Waals surface area contributed by atoms with Gasteiger partial charge in [0.1, 0.15) is 0 Å². The topological polar surface area (TPSA) is 47.6 Å². The Hall–Kier alpha value is -1.39. The number of hydrogen-bond acceptors (Lipinski definition) is 3. The summed E-state index contributed by atoms with van der Waals surface area (Å²) in [7, 11) is 0. The number of carbonyl (C=O) groups excluding carboxylic acids is 1. The van der Waals surface area contributed by atoms with E-state index in [2.05, 4.69) is 11.4 Å². The molecule has 1 aliphatic rings. The average Bonchev–Trinajstić information content (AvgIpc) is 2.43. The number of ether oxygens (including phenoxy) is 2. The molecule has 0 bridgehead atoms. The Morgan fingerprint density at radius 1 is 1.40 bits per heavy atom.